The van der Waals surface area contributed by atoms with Crippen molar-refractivity contribution in [1.29, 1.82) is 0 Å². The molecule has 3 rings (SSSR count). The van der Waals surface area contributed by atoms with E-state index in [-0.39, 0.29) is 11.8 Å². The number of rotatable bonds is 2. The molecule has 1 fully saturated rings. The lowest BCUT2D eigenvalue weighted by Gasteiger charge is -2.22. The quantitative estimate of drug-likeness (QED) is 0.844. The van der Waals surface area contributed by atoms with Gasteiger partial charge in [-0.15, -0.1) is 0 Å². The highest BCUT2D eigenvalue weighted by Crippen LogP contribution is 2.13. The van der Waals surface area contributed by atoms with Gasteiger partial charge in [0, 0.05) is 37.3 Å². The lowest BCUT2D eigenvalue weighted by molar-refractivity contribution is 0.0718. The van der Waals surface area contributed by atoms with Crippen LogP contribution in [0.5, 0.6) is 0 Å². The summed E-state index contributed by atoms with van der Waals surface area (Å²) in [5, 5.41) is 0. The Morgan fingerprint density at radius 1 is 0.720 bits per heavy atom. The minimum absolute atomic E-state index is 0.0462. The van der Waals surface area contributed by atoms with Crippen LogP contribution in [-0.2, 0) is 0 Å². The van der Waals surface area contributed by atoms with E-state index in [2.05, 4.69) is 0 Å². The van der Waals surface area contributed by atoms with Crippen LogP contribution >= 0.6 is 0 Å². The van der Waals surface area contributed by atoms with Crippen LogP contribution < -0.4 is 0 Å². The first-order chi connectivity index (χ1) is 12.0. The molecule has 1 saturated heterocycles. The third-order valence-corrected chi connectivity index (χ3v) is 4.63. The Balaban J connectivity index is 1.67. The summed E-state index contributed by atoms with van der Waals surface area (Å²) >= 11 is 0. The van der Waals surface area contributed by atoms with Gasteiger partial charge in [-0.25, -0.2) is 0 Å². The fourth-order valence-corrected chi connectivity index (χ4v) is 3.16. The Morgan fingerprint density at radius 3 is 1.92 bits per heavy atom. The standard InChI is InChI=1S/C21H24N2O2/c1-16-7-9-18(10-8-16)20(24)22-11-4-12-23(14-13-22)21(25)19-6-3-5-17(2)15-19/h3,5-10,15H,4,11-14H2,1-2H3. The van der Waals surface area contributed by atoms with Crippen LogP contribution in [0.25, 0.3) is 0 Å². The summed E-state index contributed by atoms with van der Waals surface area (Å²) in [7, 11) is 0. The van der Waals surface area contributed by atoms with Crippen LogP contribution in [0.4, 0.5) is 0 Å². The van der Waals surface area contributed by atoms with E-state index >= 15 is 0 Å². The largest absolute Gasteiger partial charge is 0.337 e. The van der Waals surface area contributed by atoms with Crippen LogP contribution in [-0.4, -0.2) is 47.8 Å². The third-order valence-electron chi connectivity index (χ3n) is 4.63. The molecule has 0 aromatic heterocycles. The Labute approximate surface area is 149 Å². The molecule has 0 saturated carbocycles. The van der Waals surface area contributed by atoms with Crippen molar-refractivity contribution < 1.29 is 9.59 Å². The van der Waals surface area contributed by atoms with Crippen molar-refractivity contribution in [2.24, 2.45) is 0 Å². The number of amides is 2. The first-order valence-electron chi connectivity index (χ1n) is 8.76. The summed E-state index contributed by atoms with van der Waals surface area (Å²) < 4.78 is 0. The fourth-order valence-electron chi connectivity index (χ4n) is 3.16. The van der Waals surface area contributed by atoms with Crippen LogP contribution in [0.3, 0.4) is 0 Å². The second-order valence-electron chi connectivity index (χ2n) is 6.67. The molecule has 1 aliphatic rings. The lowest BCUT2D eigenvalue weighted by Crippen LogP contribution is -2.37. The predicted molar refractivity (Wildman–Crippen MR) is 98.8 cm³/mol. The van der Waals surface area contributed by atoms with Gasteiger partial charge >= 0.3 is 0 Å². The van der Waals surface area contributed by atoms with Crippen LogP contribution in [0.1, 0.15) is 38.3 Å². The topological polar surface area (TPSA) is 40.6 Å². The van der Waals surface area contributed by atoms with Gasteiger partial charge in [0.25, 0.3) is 11.8 Å². The first kappa shape index (κ1) is 17.2. The van der Waals surface area contributed by atoms with Gasteiger partial charge < -0.3 is 9.80 Å². The minimum atomic E-state index is 0.0462. The molecule has 25 heavy (non-hydrogen) atoms. The zero-order chi connectivity index (χ0) is 17.8. The monoisotopic (exact) mass is 336 g/mol. The van der Waals surface area contributed by atoms with Crippen LogP contribution in [0, 0.1) is 13.8 Å². The fraction of sp³-hybridized carbons (Fsp3) is 0.333. The van der Waals surface area contributed by atoms with Gasteiger partial charge in [-0.1, -0.05) is 35.4 Å². The van der Waals surface area contributed by atoms with Crippen molar-refractivity contribution in [3.8, 4) is 0 Å². The maximum Gasteiger partial charge on any atom is 0.253 e. The van der Waals surface area contributed by atoms with Crippen molar-refractivity contribution in [3.05, 3.63) is 70.8 Å². The lowest BCUT2D eigenvalue weighted by atomic mass is 10.1. The van der Waals surface area contributed by atoms with E-state index in [1.165, 1.54) is 0 Å². The summed E-state index contributed by atoms with van der Waals surface area (Å²) in [6.07, 6.45) is 0.801. The Morgan fingerprint density at radius 2 is 1.32 bits per heavy atom. The molecular formula is C21H24N2O2. The molecule has 1 aliphatic heterocycles. The molecule has 130 valence electrons. The SMILES string of the molecule is Cc1ccc(C(=O)N2CCCN(C(=O)c3cccc(C)c3)CC2)cc1. The maximum absolute atomic E-state index is 12.7. The highest BCUT2D eigenvalue weighted by molar-refractivity contribution is 5.95. The van der Waals surface area contributed by atoms with E-state index in [0.29, 0.717) is 31.7 Å². The Kier molecular flexibility index (Phi) is 5.17. The second kappa shape index (κ2) is 7.51. The molecule has 1 heterocycles. The molecular weight excluding hydrogens is 312 g/mol. The summed E-state index contributed by atoms with van der Waals surface area (Å²) in [6, 6.07) is 15.3. The average molecular weight is 336 g/mol. The Hall–Kier alpha value is -2.62. The van der Waals surface area contributed by atoms with Crippen LogP contribution in [0.15, 0.2) is 48.5 Å². The van der Waals surface area contributed by atoms with E-state index in [9.17, 15) is 9.59 Å². The van der Waals surface area contributed by atoms with Gasteiger partial charge in [-0.3, -0.25) is 9.59 Å². The molecule has 0 spiro atoms. The van der Waals surface area contributed by atoms with Crippen molar-refractivity contribution in [3.63, 3.8) is 0 Å². The molecule has 0 aliphatic carbocycles. The zero-order valence-electron chi connectivity index (χ0n) is 14.9. The molecule has 4 heteroatoms. The van der Waals surface area contributed by atoms with E-state index in [1.54, 1.807) is 0 Å². The number of nitrogens with zero attached hydrogens (tertiary/aromatic N) is 2. The molecule has 2 amide bonds. The molecule has 4 nitrogen and oxygen atoms in total. The van der Waals surface area contributed by atoms with Gasteiger partial charge in [0.15, 0.2) is 0 Å². The van der Waals surface area contributed by atoms with Crippen molar-refractivity contribution in [1.82, 2.24) is 9.80 Å². The normalized spacial score (nSPS) is 15.0. The average Bonchev–Trinajstić information content (AvgIpc) is 2.87. The molecule has 2 aromatic rings. The number of hydrogen-bond acceptors (Lipinski definition) is 2. The van der Waals surface area contributed by atoms with Gasteiger partial charge in [-0.05, 0) is 44.5 Å². The van der Waals surface area contributed by atoms with E-state index in [4.69, 9.17) is 0 Å². The summed E-state index contributed by atoms with van der Waals surface area (Å²) in [4.78, 5) is 29.1. The van der Waals surface area contributed by atoms with Gasteiger partial charge in [0.05, 0.1) is 0 Å². The van der Waals surface area contributed by atoms with Crippen molar-refractivity contribution in [2.75, 3.05) is 26.2 Å². The zero-order valence-corrected chi connectivity index (χ0v) is 14.9. The molecule has 0 unspecified atom stereocenters. The van der Waals surface area contributed by atoms with Gasteiger partial charge in [-0.2, -0.15) is 0 Å². The summed E-state index contributed by atoms with van der Waals surface area (Å²) in [6.45, 7) is 6.51. The highest BCUT2D eigenvalue weighted by Gasteiger charge is 2.23. The molecule has 0 bridgehead atoms. The summed E-state index contributed by atoms with van der Waals surface area (Å²) in [5.74, 6) is 0.0955. The Bertz CT molecular complexity index is 768. The molecule has 0 atom stereocenters. The maximum atomic E-state index is 12.7. The minimum Gasteiger partial charge on any atom is -0.337 e. The summed E-state index contributed by atoms with van der Waals surface area (Å²) in [5.41, 5.74) is 3.65. The van der Waals surface area contributed by atoms with Crippen molar-refractivity contribution >= 4 is 11.8 Å². The van der Waals surface area contributed by atoms with Gasteiger partial charge in [0.2, 0.25) is 0 Å². The number of carbonyl (C=O) groups is 2. The third kappa shape index (κ3) is 4.08. The smallest absolute Gasteiger partial charge is 0.253 e. The number of hydrogen-bond donors (Lipinski definition) is 0. The molecule has 2 aromatic carbocycles. The number of carbonyl (C=O) groups excluding carboxylic acids is 2. The van der Waals surface area contributed by atoms with Gasteiger partial charge in [0.1, 0.15) is 0 Å². The highest BCUT2D eigenvalue weighted by atomic mass is 16.2. The molecule has 0 radical (unpaired) electrons. The van der Waals surface area contributed by atoms with E-state index in [1.807, 2.05) is 72.2 Å². The van der Waals surface area contributed by atoms with E-state index < -0.39 is 0 Å². The number of aryl methyl sites for hydroxylation is 2. The molecule has 0 N–H and O–H groups in total. The van der Waals surface area contributed by atoms with Crippen LogP contribution in [0.2, 0.25) is 0 Å². The predicted octanol–water partition coefficient (Wildman–Crippen LogP) is 3.29. The van der Waals surface area contributed by atoms with E-state index in [0.717, 1.165) is 23.1 Å². The van der Waals surface area contributed by atoms with Crippen molar-refractivity contribution in [2.45, 2.75) is 20.3 Å². The first-order valence-corrected chi connectivity index (χ1v) is 8.76. The second-order valence-corrected chi connectivity index (χ2v) is 6.67. The number of benzene rings is 2.